The van der Waals surface area contributed by atoms with E-state index >= 15 is 0 Å². The van der Waals surface area contributed by atoms with Crippen LogP contribution in [0.25, 0.3) is 10.9 Å². The zero-order valence-electron chi connectivity index (χ0n) is 13.6. The molecule has 0 atom stereocenters. The monoisotopic (exact) mass is 313 g/mol. The summed E-state index contributed by atoms with van der Waals surface area (Å²) in [4.78, 5) is 16.3. The van der Waals surface area contributed by atoms with Gasteiger partial charge in [-0.05, 0) is 45.0 Å². The van der Waals surface area contributed by atoms with Crippen LogP contribution in [0.15, 0.2) is 24.3 Å². The van der Waals surface area contributed by atoms with E-state index in [-0.39, 0.29) is 12.3 Å². The number of carbonyl (C=O) groups is 1. The van der Waals surface area contributed by atoms with E-state index in [0.717, 1.165) is 5.39 Å². The van der Waals surface area contributed by atoms with Gasteiger partial charge >= 0.3 is 5.97 Å². The number of benzene rings is 1. The first-order valence-corrected chi connectivity index (χ1v) is 7.25. The van der Waals surface area contributed by atoms with Gasteiger partial charge in [-0.2, -0.15) is 0 Å². The summed E-state index contributed by atoms with van der Waals surface area (Å²) < 4.78 is 10.2. The average Bonchev–Trinajstić information content (AvgIpc) is 2.51. The fraction of sp³-hybridized carbons (Fsp3) is 0.333. The van der Waals surface area contributed by atoms with E-state index < -0.39 is 11.6 Å². The highest BCUT2D eigenvalue weighted by atomic mass is 16.5. The van der Waals surface area contributed by atoms with Crippen molar-refractivity contribution in [1.29, 1.82) is 0 Å². The van der Waals surface area contributed by atoms with Crippen molar-refractivity contribution in [3.63, 3.8) is 0 Å². The molecule has 0 fully saturated rings. The van der Waals surface area contributed by atoms with Crippen LogP contribution >= 0.6 is 0 Å². The Morgan fingerprint density at radius 2 is 2.09 bits per heavy atom. The van der Waals surface area contributed by atoms with Gasteiger partial charge in [-0.3, -0.25) is 0 Å². The average molecular weight is 313 g/mol. The van der Waals surface area contributed by atoms with Crippen molar-refractivity contribution in [2.24, 2.45) is 0 Å². The number of hydrogen-bond acceptors (Lipinski definition) is 5. The number of hydrogen-bond donors (Lipinski definition) is 1. The van der Waals surface area contributed by atoms with Gasteiger partial charge in [0.2, 0.25) is 0 Å². The number of rotatable bonds is 3. The lowest BCUT2D eigenvalue weighted by Gasteiger charge is -2.09. The Hall–Kier alpha value is -2.58. The molecule has 0 amide bonds. The second kappa shape index (κ2) is 6.67. The second-order valence-electron chi connectivity index (χ2n) is 5.47. The quantitative estimate of drug-likeness (QED) is 0.696. The fourth-order valence-electron chi connectivity index (χ4n) is 1.97. The largest absolute Gasteiger partial charge is 0.497 e. The van der Waals surface area contributed by atoms with Crippen LogP contribution in [-0.4, -0.2) is 35.4 Å². The van der Waals surface area contributed by atoms with Gasteiger partial charge in [0.25, 0.3) is 0 Å². The molecule has 23 heavy (non-hydrogen) atoms. The summed E-state index contributed by atoms with van der Waals surface area (Å²) >= 11 is 0. The minimum Gasteiger partial charge on any atom is -0.497 e. The highest BCUT2D eigenvalue weighted by Gasteiger charge is 2.14. The van der Waals surface area contributed by atoms with Crippen molar-refractivity contribution >= 4 is 16.9 Å². The third-order valence-electron chi connectivity index (χ3n) is 3.00. The number of carbonyl (C=O) groups excluding carboxylic acids is 1. The highest BCUT2D eigenvalue weighted by Crippen LogP contribution is 2.23. The first-order chi connectivity index (χ1) is 10.8. The maximum atomic E-state index is 12.0. The third kappa shape index (κ3) is 4.21. The summed E-state index contributed by atoms with van der Waals surface area (Å²) in [6.07, 6.45) is 0. The van der Waals surface area contributed by atoms with Crippen LogP contribution in [0.4, 0.5) is 0 Å². The van der Waals surface area contributed by atoms with Crippen LogP contribution in [0.1, 0.15) is 36.8 Å². The van der Waals surface area contributed by atoms with Gasteiger partial charge in [-0.15, -0.1) is 0 Å². The molecular formula is C18H19NO4. The number of pyridine rings is 1. The van der Waals surface area contributed by atoms with Gasteiger partial charge in [0.05, 0.1) is 19.2 Å². The molecule has 5 heteroatoms. The summed E-state index contributed by atoms with van der Waals surface area (Å²) in [6, 6.07) is 6.88. The normalized spacial score (nSPS) is 10.8. The molecular weight excluding hydrogens is 294 g/mol. The molecule has 0 aliphatic heterocycles. The Bertz CT molecular complexity index is 794. The Morgan fingerprint density at radius 1 is 1.35 bits per heavy atom. The van der Waals surface area contributed by atoms with Crippen molar-refractivity contribution in [1.82, 2.24) is 4.98 Å². The first kappa shape index (κ1) is 16.8. The molecule has 0 aliphatic rings. The van der Waals surface area contributed by atoms with Crippen molar-refractivity contribution in [3.8, 4) is 17.6 Å². The zero-order chi connectivity index (χ0) is 17.0. The van der Waals surface area contributed by atoms with Gasteiger partial charge in [-0.1, -0.05) is 11.8 Å². The maximum Gasteiger partial charge on any atom is 0.356 e. The van der Waals surface area contributed by atoms with Crippen LogP contribution in [0.5, 0.6) is 5.75 Å². The smallest absolute Gasteiger partial charge is 0.356 e. The number of nitrogens with zero attached hydrogens (tertiary/aromatic N) is 1. The SMILES string of the molecule is CCOC(=O)c1cc(C#CC(C)(C)O)c2cc(OC)ccc2n1. The standard InChI is InChI=1S/C18H19NO4/c1-5-23-17(20)16-10-12(8-9-18(2,3)21)14-11-13(22-4)6-7-15(14)19-16/h6-7,10-11,21H,5H2,1-4H3. The van der Waals surface area contributed by atoms with Gasteiger partial charge in [-0.25, -0.2) is 9.78 Å². The van der Waals surface area contributed by atoms with Crippen LogP contribution < -0.4 is 4.74 Å². The minimum atomic E-state index is -1.14. The summed E-state index contributed by atoms with van der Waals surface area (Å²) in [5.41, 5.74) is 0.235. The molecule has 0 unspecified atom stereocenters. The molecule has 0 saturated heterocycles. The van der Waals surface area contributed by atoms with E-state index in [0.29, 0.717) is 16.8 Å². The number of methoxy groups -OCH3 is 1. The van der Waals surface area contributed by atoms with Crippen LogP contribution in [0, 0.1) is 11.8 Å². The number of aliphatic hydroxyl groups is 1. The second-order valence-corrected chi connectivity index (χ2v) is 5.47. The van der Waals surface area contributed by atoms with Crippen molar-refractivity contribution < 1.29 is 19.4 Å². The minimum absolute atomic E-state index is 0.185. The molecule has 1 N–H and O–H groups in total. The number of fused-ring (bicyclic) bond motifs is 1. The molecule has 2 aromatic rings. The molecule has 0 saturated carbocycles. The van der Waals surface area contributed by atoms with E-state index in [4.69, 9.17) is 9.47 Å². The topological polar surface area (TPSA) is 68.7 Å². The lowest BCUT2D eigenvalue weighted by atomic mass is 10.1. The zero-order valence-corrected chi connectivity index (χ0v) is 13.6. The van der Waals surface area contributed by atoms with Crippen molar-refractivity contribution in [2.45, 2.75) is 26.4 Å². The van der Waals surface area contributed by atoms with E-state index in [1.165, 1.54) is 0 Å². The Morgan fingerprint density at radius 3 is 2.70 bits per heavy atom. The molecule has 0 aliphatic carbocycles. The van der Waals surface area contributed by atoms with Crippen LogP contribution in [0.3, 0.4) is 0 Å². The Kier molecular flexibility index (Phi) is 4.87. The van der Waals surface area contributed by atoms with Gasteiger partial charge in [0.15, 0.2) is 0 Å². The molecule has 0 bridgehead atoms. The molecule has 1 aromatic carbocycles. The number of esters is 1. The van der Waals surface area contributed by atoms with Crippen molar-refractivity contribution in [2.75, 3.05) is 13.7 Å². The van der Waals surface area contributed by atoms with Crippen LogP contribution in [-0.2, 0) is 4.74 Å². The number of aromatic nitrogens is 1. The third-order valence-corrected chi connectivity index (χ3v) is 3.00. The Balaban J connectivity index is 2.66. The van der Waals surface area contributed by atoms with E-state index in [9.17, 15) is 9.90 Å². The van der Waals surface area contributed by atoms with Crippen molar-refractivity contribution in [3.05, 3.63) is 35.5 Å². The summed E-state index contributed by atoms with van der Waals surface area (Å²) in [5.74, 6) is 5.82. The van der Waals surface area contributed by atoms with Gasteiger partial charge < -0.3 is 14.6 Å². The van der Waals surface area contributed by atoms with E-state index in [1.54, 1.807) is 52.1 Å². The van der Waals surface area contributed by atoms with Crippen LogP contribution in [0.2, 0.25) is 0 Å². The molecule has 2 rings (SSSR count). The predicted octanol–water partition coefficient (Wildman–Crippen LogP) is 2.54. The molecule has 5 nitrogen and oxygen atoms in total. The highest BCUT2D eigenvalue weighted by molar-refractivity contribution is 5.94. The maximum absolute atomic E-state index is 12.0. The van der Waals surface area contributed by atoms with E-state index in [2.05, 4.69) is 16.8 Å². The molecule has 1 heterocycles. The molecule has 120 valence electrons. The molecule has 0 radical (unpaired) electrons. The van der Waals surface area contributed by atoms with Gasteiger partial charge in [0.1, 0.15) is 17.0 Å². The number of ether oxygens (including phenoxy) is 2. The summed E-state index contributed by atoms with van der Waals surface area (Å²) in [6.45, 7) is 5.19. The summed E-state index contributed by atoms with van der Waals surface area (Å²) in [7, 11) is 1.57. The Labute approximate surface area is 135 Å². The fourth-order valence-corrected chi connectivity index (χ4v) is 1.97. The predicted molar refractivity (Wildman–Crippen MR) is 87.4 cm³/mol. The van der Waals surface area contributed by atoms with E-state index in [1.807, 2.05) is 0 Å². The summed E-state index contributed by atoms with van der Waals surface area (Å²) in [5, 5.41) is 10.6. The molecule has 0 spiro atoms. The molecule has 1 aromatic heterocycles. The lowest BCUT2D eigenvalue weighted by molar-refractivity contribution is 0.0520. The first-order valence-electron chi connectivity index (χ1n) is 7.25. The lowest BCUT2D eigenvalue weighted by Crippen LogP contribution is -2.14. The van der Waals surface area contributed by atoms with Gasteiger partial charge in [0, 0.05) is 10.9 Å².